The number of hydrogen-bond acceptors (Lipinski definition) is 4. The zero-order valence-electron chi connectivity index (χ0n) is 14.1. The van der Waals surface area contributed by atoms with Crippen LogP contribution < -0.4 is 4.74 Å². The predicted molar refractivity (Wildman–Crippen MR) is 94.1 cm³/mol. The molecule has 27 heavy (non-hydrogen) atoms. The van der Waals surface area contributed by atoms with Crippen LogP contribution in [0.3, 0.4) is 0 Å². The second-order valence-electron chi connectivity index (χ2n) is 5.80. The summed E-state index contributed by atoms with van der Waals surface area (Å²) in [6, 6.07) is 12.9. The molecule has 0 aliphatic heterocycles. The van der Waals surface area contributed by atoms with Gasteiger partial charge in [0, 0.05) is 23.4 Å². The summed E-state index contributed by atoms with van der Waals surface area (Å²) in [7, 11) is 1.46. The van der Waals surface area contributed by atoms with Crippen molar-refractivity contribution >= 4 is 11.0 Å². The molecule has 0 radical (unpaired) electrons. The Bertz CT molecular complexity index is 1090. The first-order valence-corrected chi connectivity index (χ1v) is 7.99. The van der Waals surface area contributed by atoms with Gasteiger partial charge in [-0.25, -0.2) is 9.97 Å². The smallest absolute Gasteiger partial charge is 0.417 e. The molecule has 5 nitrogen and oxygen atoms in total. The zero-order chi connectivity index (χ0) is 19.0. The van der Waals surface area contributed by atoms with E-state index >= 15 is 0 Å². The van der Waals surface area contributed by atoms with Gasteiger partial charge in [0.2, 0.25) is 5.88 Å². The first-order chi connectivity index (χ1) is 13.0. The van der Waals surface area contributed by atoms with Gasteiger partial charge in [0.05, 0.1) is 23.8 Å². The fraction of sp³-hybridized carbons (Fsp3) is 0.105. The molecule has 0 aliphatic rings. The number of ether oxygens (including phenoxy) is 1. The number of alkyl halides is 3. The molecular weight excluding hydrogens is 357 g/mol. The van der Waals surface area contributed by atoms with Crippen molar-refractivity contribution in [1.29, 1.82) is 0 Å². The molecule has 0 unspecified atom stereocenters. The van der Waals surface area contributed by atoms with Crippen LogP contribution in [0.5, 0.6) is 5.88 Å². The molecule has 3 heterocycles. The summed E-state index contributed by atoms with van der Waals surface area (Å²) in [6.45, 7) is 0. The van der Waals surface area contributed by atoms with E-state index in [2.05, 4.69) is 20.2 Å². The van der Waals surface area contributed by atoms with Gasteiger partial charge in [0.15, 0.2) is 5.65 Å². The number of aromatic amines is 1. The van der Waals surface area contributed by atoms with E-state index in [1.54, 1.807) is 42.5 Å². The second kappa shape index (κ2) is 6.39. The number of aromatic nitrogens is 4. The zero-order valence-corrected chi connectivity index (χ0v) is 14.1. The molecule has 1 N–H and O–H groups in total. The van der Waals surface area contributed by atoms with Crippen LogP contribution in [0.2, 0.25) is 0 Å². The third-order valence-electron chi connectivity index (χ3n) is 4.12. The Morgan fingerprint density at radius 3 is 2.41 bits per heavy atom. The Morgan fingerprint density at radius 1 is 1.00 bits per heavy atom. The van der Waals surface area contributed by atoms with Crippen LogP contribution in [-0.2, 0) is 6.18 Å². The molecule has 0 atom stereocenters. The molecule has 0 aliphatic carbocycles. The molecule has 0 bridgehead atoms. The van der Waals surface area contributed by atoms with E-state index in [9.17, 15) is 13.2 Å². The quantitative estimate of drug-likeness (QED) is 0.567. The van der Waals surface area contributed by atoms with Gasteiger partial charge in [-0.1, -0.05) is 30.3 Å². The Labute approximate surface area is 151 Å². The van der Waals surface area contributed by atoms with Gasteiger partial charge in [-0.05, 0) is 12.1 Å². The van der Waals surface area contributed by atoms with Gasteiger partial charge in [-0.15, -0.1) is 0 Å². The highest BCUT2D eigenvalue weighted by Crippen LogP contribution is 2.40. The minimum Gasteiger partial charge on any atom is -0.481 e. The summed E-state index contributed by atoms with van der Waals surface area (Å²) in [5, 5.41) is 6.65. The standard InChI is InChI=1S/C19H13F3N4O/c1-27-15-8-7-12(10-23-15)14-9-13(19(20,21)22)16-17(25-26-18(16)24-14)11-5-3-2-4-6-11/h2-10H,1H3,(H,24,25,26). The van der Waals surface area contributed by atoms with Crippen molar-refractivity contribution in [1.82, 2.24) is 20.2 Å². The number of nitrogens with zero attached hydrogens (tertiary/aromatic N) is 3. The monoisotopic (exact) mass is 370 g/mol. The summed E-state index contributed by atoms with van der Waals surface area (Å²) < 4.78 is 46.4. The lowest BCUT2D eigenvalue weighted by molar-refractivity contribution is -0.136. The third kappa shape index (κ3) is 3.10. The van der Waals surface area contributed by atoms with Crippen LogP contribution in [0.15, 0.2) is 54.7 Å². The second-order valence-corrected chi connectivity index (χ2v) is 5.80. The van der Waals surface area contributed by atoms with Crippen molar-refractivity contribution in [3.63, 3.8) is 0 Å². The van der Waals surface area contributed by atoms with Crippen LogP contribution >= 0.6 is 0 Å². The van der Waals surface area contributed by atoms with Crippen LogP contribution in [0, 0.1) is 0 Å². The summed E-state index contributed by atoms with van der Waals surface area (Å²) in [6.07, 6.45) is -3.15. The highest BCUT2D eigenvalue weighted by molar-refractivity contribution is 5.95. The molecule has 1 aromatic carbocycles. The average Bonchev–Trinajstić information content (AvgIpc) is 3.11. The molecule has 0 saturated carbocycles. The van der Waals surface area contributed by atoms with E-state index in [0.29, 0.717) is 17.0 Å². The molecule has 0 spiro atoms. The van der Waals surface area contributed by atoms with Gasteiger partial charge < -0.3 is 4.74 Å². The molecule has 8 heteroatoms. The summed E-state index contributed by atoms with van der Waals surface area (Å²) in [5.41, 5.74) is 0.646. The number of rotatable bonds is 3. The predicted octanol–water partition coefficient (Wildman–Crippen LogP) is 4.71. The number of hydrogen-bond donors (Lipinski definition) is 1. The number of halogens is 3. The maximum atomic E-state index is 13.8. The molecule has 0 saturated heterocycles. The van der Waals surface area contributed by atoms with Gasteiger partial charge in [-0.2, -0.15) is 18.3 Å². The average molecular weight is 370 g/mol. The minimum atomic E-state index is -4.57. The van der Waals surface area contributed by atoms with Crippen molar-refractivity contribution in [2.24, 2.45) is 0 Å². The maximum absolute atomic E-state index is 13.8. The summed E-state index contributed by atoms with van der Waals surface area (Å²) in [4.78, 5) is 8.35. The first-order valence-electron chi connectivity index (χ1n) is 7.99. The maximum Gasteiger partial charge on any atom is 0.417 e. The van der Waals surface area contributed by atoms with Gasteiger partial charge in [0.25, 0.3) is 0 Å². The Kier molecular flexibility index (Phi) is 4.02. The lowest BCUT2D eigenvalue weighted by atomic mass is 10.0. The number of H-pyrrole nitrogens is 1. The van der Waals surface area contributed by atoms with Crippen molar-refractivity contribution in [3.05, 3.63) is 60.3 Å². The van der Waals surface area contributed by atoms with E-state index in [0.717, 1.165) is 6.07 Å². The van der Waals surface area contributed by atoms with Crippen LogP contribution in [0.4, 0.5) is 13.2 Å². The number of nitrogens with one attached hydrogen (secondary N) is 1. The van der Waals surface area contributed by atoms with Crippen LogP contribution in [0.1, 0.15) is 5.56 Å². The Balaban J connectivity index is 1.95. The van der Waals surface area contributed by atoms with Gasteiger partial charge >= 0.3 is 6.18 Å². The first kappa shape index (κ1) is 17.0. The SMILES string of the molecule is COc1ccc(-c2cc(C(F)(F)F)c3c(-c4ccccc4)n[nH]c3n2)cn1. The van der Waals surface area contributed by atoms with Crippen LogP contribution in [0.25, 0.3) is 33.5 Å². The van der Waals surface area contributed by atoms with E-state index in [-0.39, 0.29) is 22.4 Å². The van der Waals surface area contributed by atoms with Gasteiger partial charge in [0.1, 0.15) is 5.69 Å². The normalized spacial score (nSPS) is 11.7. The molecule has 3 aromatic heterocycles. The van der Waals surface area contributed by atoms with Crippen molar-refractivity contribution in [2.45, 2.75) is 6.18 Å². The van der Waals surface area contributed by atoms with E-state index in [1.165, 1.54) is 13.3 Å². The lowest BCUT2D eigenvalue weighted by Crippen LogP contribution is -2.07. The molecule has 0 fully saturated rings. The Hall–Kier alpha value is -3.42. The Morgan fingerprint density at radius 2 is 1.78 bits per heavy atom. The largest absolute Gasteiger partial charge is 0.481 e. The number of benzene rings is 1. The summed E-state index contributed by atoms with van der Waals surface area (Å²) >= 11 is 0. The van der Waals surface area contributed by atoms with Crippen molar-refractivity contribution in [3.8, 4) is 28.4 Å². The van der Waals surface area contributed by atoms with Gasteiger partial charge in [-0.3, -0.25) is 5.10 Å². The molecule has 136 valence electrons. The highest BCUT2D eigenvalue weighted by Gasteiger charge is 2.35. The number of methoxy groups -OCH3 is 1. The van der Waals surface area contributed by atoms with E-state index in [1.807, 2.05) is 0 Å². The summed E-state index contributed by atoms with van der Waals surface area (Å²) in [5.74, 6) is 0.365. The highest BCUT2D eigenvalue weighted by atomic mass is 19.4. The van der Waals surface area contributed by atoms with Crippen molar-refractivity contribution in [2.75, 3.05) is 7.11 Å². The van der Waals surface area contributed by atoms with E-state index in [4.69, 9.17) is 4.74 Å². The number of pyridine rings is 2. The van der Waals surface area contributed by atoms with E-state index < -0.39 is 11.7 Å². The minimum absolute atomic E-state index is 0.0566. The van der Waals surface area contributed by atoms with Crippen LogP contribution in [-0.4, -0.2) is 27.3 Å². The molecule has 4 aromatic rings. The van der Waals surface area contributed by atoms with Crippen molar-refractivity contribution < 1.29 is 17.9 Å². The molecule has 0 amide bonds. The number of fused-ring (bicyclic) bond motifs is 1. The third-order valence-corrected chi connectivity index (χ3v) is 4.12. The lowest BCUT2D eigenvalue weighted by Gasteiger charge is -2.11. The fourth-order valence-electron chi connectivity index (χ4n) is 2.86. The topological polar surface area (TPSA) is 63.7 Å². The molecule has 4 rings (SSSR count). The molecular formula is C19H13F3N4O. The fourth-order valence-corrected chi connectivity index (χ4v) is 2.86.